The molecule has 2 aromatic rings. The van der Waals surface area contributed by atoms with Gasteiger partial charge in [0.1, 0.15) is 41.9 Å². The van der Waals surface area contributed by atoms with Crippen molar-refractivity contribution in [1.29, 1.82) is 0 Å². The molecule has 0 fully saturated rings. The largest absolute Gasteiger partial charge is 0.456 e. The summed E-state index contributed by atoms with van der Waals surface area (Å²) < 4.78 is 125. The van der Waals surface area contributed by atoms with E-state index in [1.807, 2.05) is 5.32 Å². The van der Waals surface area contributed by atoms with E-state index < -0.39 is 53.9 Å². The second kappa shape index (κ2) is 8.82. The minimum Gasteiger partial charge on any atom is -0.456 e. The molecule has 0 unspecified atom stereocenters. The topological polar surface area (TPSA) is 37.5 Å². The number of rotatable bonds is 4. The minimum absolute atomic E-state index is 0.0677. The molecule has 0 aromatic heterocycles. The molecule has 0 saturated carbocycles. The fraction of sp³-hybridized carbons (Fsp3) is 0.174. The van der Waals surface area contributed by atoms with Crippen molar-refractivity contribution in [3.8, 4) is 22.5 Å². The molecule has 0 saturated heterocycles. The first-order chi connectivity index (χ1) is 16.3. The minimum atomic E-state index is -4.71. The van der Waals surface area contributed by atoms with E-state index in [2.05, 4.69) is 4.99 Å². The van der Waals surface area contributed by atoms with Gasteiger partial charge < -0.3 is 9.73 Å². The highest BCUT2D eigenvalue weighted by Gasteiger charge is 2.29. The van der Waals surface area contributed by atoms with E-state index in [4.69, 9.17) is 4.42 Å². The molecule has 1 heterocycles. The SMILES string of the molecule is Fc1cc2c(-c3ccccc3F)c3cc(F)c(=NCC(F)(F)F)cc-3oc2cc1NCC(F)(F)F. The molecule has 35 heavy (non-hydrogen) atoms. The maximum atomic E-state index is 14.7. The zero-order valence-electron chi connectivity index (χ0n) is 17.3. The van der Waals surface area contributed by atoms with Crippen molar-refractivity contribution >= 4 is 16.7 Å². The number of benzene rings is 3. The van der Waals surface area contributed by atoms with Crippen LogP contribution in [-0.4, -0.2) is 25.4 Å². The monoisotopic (exact) mass is 504 g/mol. The molecule has 1 N–H and O–H groups in total. The number of nitrogens with one attached hydrogen (secondary N) is 1. The van der Waals surface area contributed by atoms with Crippen LogP contribution in [0.25, 0.3) is 33.4 Å². The van der Waals surface area contributed by atoms with E-state index in [0.29, 0.717) is 0 Å². The van der Waals surface area contributed by atoms with E-state index in [9.17, 15) is 39.5 Å². The molecule has 0 bridgehead atoms. The van der Waals surface area contributed by atoms with Crippen molar-refractivity contribution in [3.63, 3.8) is 0 Å². The lowest BCUT2D eigenvalue weighted by Crippen LogP contribution is -2.21. The number of nitrogens with zero attached hydrogens (tertiary/aromatic N) is 1. The van der Waals surface area contributed by atoms with Gasteiger partial charge in [-0.3, -0.25) is 4.99 Å². The normalized spacial score (nSPS) is 13.1. The lowest BCUT2D eigenvalue weighted by atomic mass is 9.93. The van der Waals surface area contributed by atoms with Crippen LogP contribution in [0.15, 0.2) is 57.9 Å². The van der Waals surface area contributed by atoms with Gasteiger partial charge in [-0.15, -0.1) is 0 Å². The maximum Gasteiger partial charge on any atom is 0.407 e. The number of anilines is 1. The third-order valence-corrected chi connectivity index (χ3v) is 4.93. The predicted octanol–water partition coefficient (Wildman–Crippen LogP) is 7.06. The van der Waals surface area contributed by atoms with Crippen LogP contribution in [0.5, 0.6) is 0 Å². The molecule has 0 amide bonds. The van der Waals surface area contributed by atoms with Gasteiger partial charge in [0.15, 0.2) is 0 Å². The van der Waals surface area contributed by atoms with Crippen molar-refractivity contribution in [3.05, 3.63) is 71.3 Å². The highest BCUT2D eigenvalue weighted by Crippen LogP contribution is 2.42. The Hall–Kier alpha value is -3.70. The smallest absolute Gasteiger partial charge is 0.407 e. The van der Waals surface area contributed by atoms with Gasteiger partial charge in [-0.2, -0.15) is 26.3 Å². The Morgan fingerprint density at radius 2 is 1.49 bits per heavy atom. The molecule has 0 radical (unpaired) electrons. The van der Waals surface area contributed by atoms with Crippen LogP contribution in [0, 0.1) is 17.5 Å². The van der Waals surface area contributed by atoms with E-state index in [-0.39, 0.29) is 33.4 Å². The standard InChI is InChI=1S/C23H13F9N2O/c24-14-4-2-1-3-11(14)21-12-5-15(25)17(33-9-22(27,28)29)7-19(12)35-20-8-18(16(26)6-13(20)21)34-10-23(30,31)32/h1-8,33H,9-10H2. The van der Waals surface area contributed by atoms with E-state index in [0.717, 1.165) is 30.3 Å². The highest BCUT2D eigenvalue weighted by molar-refractivity contribution is 6.02. The molecule has 2 aliphatic rings. The Kier molecular flexibility index (Phi) is 6.16. The van der Waals surface area contributed by atoms with Crippen molar-refractivity contribution in [2.45, 2.75) is 12.4 Å². The zero-order chi connectivity index (χ0) is 25.5. The fourth-order valence-electron chi connectivity index (χ4n) is 3.50. The molecule has 3 nitrogen and oxygen atoms in total. The molecule has 12 heteroatoms. The van der Waals surface area contributed by atoms with Gasteiger partial charge in [0.25, 0.3) is 0 Å². The van der Waals surface area contributed by atoms with Crippen LogP contribution < -0.4 is 10.7 Å². The molecule has 2 aromatic carbocycles. The Balaban J connectivity index is 2.03. The second-order valence-corrected chi connectivity index (χ2v) is 7.49. The lowest BCUT2D eigenvalue weighted by Gasteiger charge is -2.18. The molecule has 1 aliphatic carbocycles. The van der Waals surface area contributed by atoms with Gasteiger partial charge in [0, 0.05) is 34.2 Å². The van der Waals surface area contributed by atoms with Crippen LogP contribution in [0.3, 0.4) is 0 Å². The first kappa shape index (κ1) is 24.4. The summed E-state index contributed by atoms with van der Waals surface area (Å²) in [5, 5.41) is 1.08. The van der Waals surface area contributed by atoms with Gasteiger partial charge >= 0.3 is 12.4 Å². The third kappa shape index (κ3) is 5.36. The summed E-state index contributed by atoms with van der Waals surface area (Å²) in [6, 6.07) is 8.53. The molecule has 4 rings (SSSR count). The van der Waals surface area contributed by atoms with Crippen LogP contribution in [-0.2, 0) is 0 Å². The maximum absolute atomic E-state index is 14.7. The summed E-state index contributed by atoms with van der Waals surface area (Å²) in [6.07, 6.45) is -9.37. The van der Waals surface area contributed by atoms with Crippen molar-refractivity contribution in [1.82, 2.24) is 0 Å². The van der Waals surface area contributed by atoms with Gasteiger partial charge in [-0.05, 0) is 18.2 Å². The van der Waals surface area contributed by atoms with E-state index in [1.54, 1.807) is 0 Å². The lowest BCUT2D eigenvalue weighted by molar-refractivity contribution is -0.118. The summed E-state index contributed by atoms with van der Waals surface area (Å²) in [5.74, 6) is -3.32. The average molecular weight is 504 g/mol. The van der Waals surface area contributed by atoms with Crippen LogP contribution in [0.4, 0.5) is 45.2 Å². The summed E-state index contributed by atoms with van der Waals surface area (Å²) in [4.78, 5) is 3.18. The molecule has 0 spiro atoms. The summed E-state index contributed by atoms with van der Waals surface area (Å²) in [5.41, 5.74) is -1.10. The van der Waals surface area contributed by atoms with Gasteiger partial charge in [-0.25, -0.2) is 13.2 Å². The highest BCUT2D eigenvalue weighted by atomic mass is 19.4. The van der Waals surface area contributed by atoms with Crippen molar-refractivity contribution in [2.75, 3.05) is 18.4 Å². The van der Waals surface area contributed by atoms with Gasteiger partial charge in [0.05, 0.1) is 11.0 Å². The van der Waals surface area contributed by atoms with Crippen LogP contribution in [0.2, 0.25) is 0 Å². The number of halogens is 9. The van der Waals surface area contributed by atoms with E-state index in [1.165, 1.54) is 18.2 Å². The molecule has 1 aliphatic heterocycles. The summed E-state index contributed by atoms with van der Waals surface area (Å²) in [6.45, 7) is -3.24. The molecular weight excluding hydrogens is 491 g/mol. The number of fused-ring (bicyclic) bond motifs is 2. The number of alkyl halides is 6. The molecular formula is C23H13F9N2O. The Bertz CT molecular complexity index is 1440. The first-order valence-electron chi connectivity index (χ1n) is 9.85. The van der Waals surface area contributed by atoms with Crippen molar-refractivity contribution in [2.24, 2.45) is 4.99 Å². The van der Waals surface area contributed by atoms with Crippen molar-refractivity contribution < 1.29 is 43.9 Å². The van der Waals surface area contributed by atoms with Crippen LogP contribution >= 0.6 is 0 Å². The Labute approximate surface area is 190 Å². The second-order valence-electron chi connectivity index (χ2n) is 7.49. The average Bonchev–Trinajstić information content (AvgIpc) is 2.75. The Morgan fingerprint density at radius 3 is 2.14 bits per heavy atom. The molecule has 184 valence electrons. The summed E-state index contributed by atoms with van der Waals surface area (Å²) in [7, 11) is 0. The first-order valence-corrected chi connectivity index (χ1v) is 9.85. The van der Waals surface area contributed by atoms with Gasteiger partial charge in [-0.1, -0.05) is 18.2 Å². The zero-order valence-corrected chi connectivity index (χ0v) is 17.3. The summed E-state index contributed by atoms with van der Waals surface area (Å²) >= 11 is 0. The van der Waals surface area contributed by atoms with Crippen LogP contribution in [0.1, 0.15) is 0 Å². The fourth-order valence-corrected chi connectivity index (χ4v) is 3.50. The number of hydrogen-bond donors (Lipinski definition) is 1. The number of hydrogen-bond acceptors (Lipinski definition) is 3. The Morgan fingerprint density at radius 1 is 0.771 bits per heavy atom. The van der Waals surface area contributed by atoms with E-state index >= 15 is 0 Å². The quantitative estimate of drug-likeness (QED) is 0.239. The third-order valence-electron chi connectivity index (χ3n) is 4.93. The van der Waals surface area contributed by atoms with Gasteiger partial charge in [0.2, 0.25) is 0 Å². The molecule has 0 atom stereocenters. The predicted molar refractivity (Wildman–Crippen MR) is 109 cm³/mol.